The van der Waals surface area contributed by atoms with E-state index in [0.29, 0.717) is 29.4 Å². The Hall–Kier alpha value is -3.45. The van der Waals surface area contributed by atoms with Gasteiger partial charge in [0.25, 0.3) is 5.91 Å². The van der Waals surface area contributed by atoms with E-state index in [-0.39, 0.29) is 11.8 Å². The van der Waals surface area contributed by atoms with Crippen molar-refractivity contribution in [1.82, 2.24) is 9.88 Å². The van der Waals surface area contributed by atoms with Crippen LogP contribution in [0, 0.1) is 0 Å². The molecule has 1 aliphatic rings. The highest BCUT2D eigenvalue weighted by Crippen LogP contribution is 2.36. The Morgan fingerprint density at radius 1 is 1.13 bits per heavy atom. The van der Waals surface area contributed by atoms with Gasteiger partial charge in [-0.3, -0.25) is 9.59 Å². The second-order valence-electron chi connectivity index (χ2n) is 7.36. The van der Waals surface area contributed by atoms with Crippen molar-refractivity contribution in [1.29, 1.82) is 0 Å². The second-order valence-corrected chi connectivity index (χ2v) is 8.39. The lowest BCUT2D eigenvalue weighted by Gasteiger charge is -2.31. The number of aromatic nitrogens is 1. The summed E-state index contributed by atoms with van der Waals surface area (Å²) in [7, 11) is 0. The summed E-state index contributed by atoms with van der Waals surface area (Å²) in [4.78, 5) is 31.1. The first-order valence-electron chi connectivity index (χ1n) is 10.1. The Morgan fingerprint density at radius 3 is 2.52 bits per heavy atom. The maximum Gasteiger partial charge on any atom is 0.261 e. The minimum absolute atomic E-state index is 0.0781. The lowest BCUT2D eigenvalue weighted by Crippen LogP contribution is -2.38. The number of para-hydroxylation sites is 1. The standard InChI is InChI=1S/C24H23N3O3S/c1-2-20(28)27-14-6-7-17(15-27)24-26-21(22(31-24)23(25)29)16-10-12-19(13-11-16)30-18-8-4-3-5-9-18/h2-5,8-13,17H,1,6-7,14-15H2,(H2,25,29). The van der Waals surface area contributed by atoms with Crippen LogP contribution in [0.1, 0.15) is 33.4 Å². The molecule has 2 aromatic carbocycles. The van der Waals surface area contributed by atoms with Crippen molar-refractivity contribution < 1.29 is 14.3 Å². The van der Waals surface area contributed by atoms with Crippen LogP contribution in [0.4, 0.5) is 0 Å². The van der Waals surface area contributed by atoms with Crippen molar-refractivity contribution in [2.75, 3.05) is 13.1 Å². The number of hydrogen-bond acceptors (Lipinski definition) is 5. The summed E-state index contributed by atoms with van der Waals surface area (Å²) in [6.45, 7) is 4.86. The lowest BCUT2D eigenvalue weighted by molar-refractivity contribution is -0.127. The molecule has 4 rings (SSSR count). The SMILES string of the molecule is C=CC(=O)N1CCCC(c2nc(-c3ccc(Oc4ccccc4)cc3)c(C(N)=O)s2)C1. The molecule has 0 spiro atoms. The van der Waals surface area contributed by atoms with Crippen LogP contribution in [0.3, 0.4) is 0 Å². The van der Waals surface area contributed by atoms with Gasteiger partial charge in [-0.05, 0) is 55.3 Å². The molecule has 1 unspecified atom stereocenters. The number of likely N-dealkylation sites (tertiary alicyclic amines) is 1. The van der Waals surface area contributed by atoms with Gasteiger partial charge in [0.1, 0.15) is 16.4 Å². The highest BCUT2D eigenvalue weighted by atomic mass is 32.1. The van der Waals surface area contributed by atoms with Crippen molar-refractivity contribution in [2.24, 2.45) is 5.73 Å². The van der Waals surface area contributed by atoms with Crippen molar-refractivity contribution >= 4 is 23.2 Å². The molecule has 6 nitrogen and oxygen atoms in total. The number of carbonyl (C=O) groups excluding carboxylic acids is 2. The van der Waals surface area contributed by atoms with Gasteiger partial charge in [0.05, 0.1) is 10.7 Å². The van der Waals surface area contributed by atoms with Crippen LogP contribution in [-0.4, -0.2) is 34.8 Å². The van der Waals surface area contributed by atoms with E-state index in [1.807, 2.05) is 54.6 Å². The molecule has 3 aromatic rings. The van der Waals surface area contributed by atoms with E-state index in [1.165, 1.54) is 17.4 Å². The van der Waals surface area contributed by atoms with E-state index >= 15 is 0 Å². The second kappa shape index (κ2) is 9.14. The van der Waals surface area contributed by atoms with Gasteiger partial charge in [0.15, 0.2) is 0 Å². The van der Waals surface area contributed by atoms with Crippen molar-refractivity contribution in [2.45, 2.75) is 18.8 Å². The predicted molar refractivity (Wildman–Crippen MR) is 121 cm³/mol. The van der Waals surface area contributed by atoms with E-state index in [2.05, 4.69) is 6.58 Å². The number of benzene rings is 2. The number of hydrogen-bond donors (Lipinski definition) is 1. The third-order valence-electron chi connectivity index (χ3n) is 5.23. The van der Waals surface area contributed by atoms with Crippen LogP contribution < -0.4 is 10.5 Å². The molecule has 158 valence electrons. The molecule has 2 amide bonds. The van der Waals surface area contributed by atoms with Crippen molar-refractivity contribution in [3.05, 3.63) is 77.1 Å². The Balaban J connectivity index is 1.58. The summed E-state index contributed by atoms with van der Waals surface area (Å²) >= 11 is 1.32. The summed E-state index contributed by atoms with van der Waals surface area (Å²) < 4.78 is 5.84. The van der Waals surface area contributed by atoms with Gasteiger partial charge in [-0.1, -0.05) is 24.8 Å². The Kier molecular flexibility index (Phi) is 6.13. The van der Waals surface area contributed by atoms with Gasteiger partial charge in [0.2, 0.25) is 5.91 Å². The van der Waals surface area contributed by atoms with Crippen molar-refractivity contribution in [3.8, 4) is 22.8 Å². The number of rotatable bonds is 6. The number of primary amides is 1. The number of carbonyl (C=O) groups is 2. The average Bonchev–Trinajstić information content (AvgIpc) is 3.26. The molecular formula is C24H23N3O3S. The number of piperidine rings is 1. The number of ether oxygens (including phenoxy) is 1. The van der Waals surface area contributed by atoms with Crippen LogP contribution in [0.2, 0.25) is 0 Å². The molecule has 2 heterocycles. The summed E-state index contributed by atoms with van der Waals surface area (Å²) in [5.41, 5.74) is 7.03. The average molecular weight is 434 g/mol. The van der Waals surface area contributed by atoms with Gasteiger partial charge in [-0.15, -0.1) is 11.3 Å². The first kappa shape index (κ1) is 20.8. The third-order valence-corrected chi connectivity index (χ3v) is 6.46. The molecule has 0 saturated carbocycles. The van der Waals surface area contributed by atoms with Crippen LogP contribution in [0.15, 0.2) is 67.3 Å². The van der Waals surface area contributed by atoms with Gasteiger partial charge in [-0.2, -0.15) is 0 Å². The number of amides is 2. The van der Waals surface area contributed by atoms with Gasteiger partial charge < -0.3 is 15.4 Å². The zero-order chi connectivity index (χ0) is 21.8. The normalized spacial score (nSPS) is 16.0. The zero-order valence-corrected chi connectivity index (χ0v) is 17.8. The molecule has 0 radical (unpaired) electrons. The predicted octanol–water partition coefficient (Wildman–Crippen LogP) is 4.59. The van der Waals surface area contributed by atoms with Gasteiger partial charge in [-0.25, -0.2) is 4.98 Å². The van der Waals surface area contributed by atoms with Crippen LogP contribution in [-0.2, 0) is 4.79 Å². The summed E-state index contributed by atoms with van der Waals surface area (Å²) in [6, 6.07) is 17.0. The highest BCUT2D eigenvalue weighted by molar-refractivity contribution is 7.14. The third kappa shape index (κ3) is 4.67. The maximum atomic E-state index is 12.1. The van der Waals surface area contributed by atoms with E-state index in [0.717, 1.165) is 29.2 Å². The highest BCUT2D eigenvalue weighted by Gasteiger charge is 2.28. The number of nitrogens with two attached hydrogens (primary N) is 1. The maximum absolute atomic E-state index is 12.1. The van der Waals surface area contributed by atoms with Crippen LogP contribution >= 0.6 is 11.3 Å². The van der Waals surface area contributed by atoms with E-state index in [1.54, 1.807) is 4.90 Å². The minimum atomic E-state index is -0.502. The molecule has 1 saturated heterocycles. The molecule has 1 atom stereocenters. The van der Waals surface area contributed by atoms with Crippen LogP contribution in [0.5, 0.6) is 11.5 Å². The van der Waals surface area contributed by atoms with Gasteiger partial charge in [0, 0.05) is 24.6 Å². The van der Waals surface area contributed by atoms with E-state index < -0.39 is 5.91 Å². The fourth-order valence-electron chi connectivity index (χ4n) is 3.69. The Labute approximate surface area is 185 Å². The zero-order valence-electron chi connectivity index (χ0n) is 17.0. The summed E-state index contributed by atoms with van der Waals surface area (Å²) in [5.74, 6) is 0.941. The minimum Gasteiger partial charge on any atom is -0.457 e. The quantitative estimate of drug-likeness (QED) is 0.576. The van der Waals surface area contributed by atoms with Crippen LogP contribution in [0.25, 0.3) is 11.3 Å². The lowest BCUT2D eigenvalue weighted by atomic mass is 9.98. The Morgan fingerprint density at radius 2 is 1.84 bits per heavy atom. The molecule has 2 N–H and O–H groups in total. The summed E-state index contributed by atoms with van der Waals surface area (Å²) in [6.07, 6.45) is 3.14. The largest absolute Gasteiger partial charge is 0.457 e. The van der Waals surface area contributed by atoms with E-state index in [4.69, 9.17) is 15.5 Å². The molecule has 1 aromatic heterocycles. The smallest absolute Gasteiger partial charge is 0.261 e. The molecule has 0 aliphatic carbocycles. The topological polar surface area (TPSA) is 85.5 Å². The monoisotopic (exact) mass is 433 g/mol. The molecule has 1 fully saturated rings. The molecule has 31 heavy (non-hydrogen) atoms. The molecule has 7 heteroatoms. The molecular weight excluding hydrogens is 410 g/mol. The number of thiazole rings is 1. The van der Waals surface area contributed by atoms with E-state index in [9.17, 15) is 9.59 Å². The fourth-order valence-corrected chi connectivity index (χ4v) is 4.75. The first-order valence-corrected chi connectivity index (χ1v) is 10.9. The van der Waals surface area contributed by atoms with Crippen molar-refractivity contribution in [3.63, 3.8) is 0 Å². The fraction of sp³-hybridized carbons (Fsp3) is 0.208. The Bertz CT molecular complexity index is 1090. The molecule has 0 bridgehead atoms. The number of nitrogens with zero attached hydrogens (tertiary/aromatic N) is 2. The van der Waals surface area contributed by atoms with Gasteiger partial charge >= 0.3 is 0 Å². The molecule has 1 aliphatic heterocycles. The summed E-state index contributed by atoms with van der Waals surface area (Å²) in [5, 5.41) is 0.829. The first-order chi connectivity index (χ1) is 15.0.